The average molecular weight is 309 g/mol. The minimum atomic E-state index is -0.661. The molecule has 120 valence electrons. The second-order valence-corrected chi connectivity index (χ2v) is 4.95. The maximum absolute atomic E-state index is 11.4. The van der Waals surface area contributed by atoms with E-state index in [1.165, 1.54) is 13.0 Å². The first-order chi connectivity index (χ1) is 10.4. The SMILES string of the molecule is CCC(CC)Nc1c([N+](=O)[O-])cc(CC=O)c(C)c1[N+](=O)[O-]. The fraction of sp³-hybridized carbons (Fsp3) is 0.500. The third kappa shape index (κ3) is 3.57. The second kappa shape index (κ2) is 7.48. The van der Waals surface area contributed by atoms with Crippen LogP contribution in [0.15, 0.2) is 6.07 Å². The molecule has 0 aliphatic carbocycles. The van der Waals surface area contributed by atoms with Crippen LogP contribution in [0, 0.1) is 27.2 Å². The van der Waals surface area contributed by atoms with Gasteiger partial charge in [-0.3, -0.25) is 20.2 Å². The van der Waals surface area contributed by atoms with Crippen LogP contribution in [0.5, 0.6) is 0 Å². The summed E-state index contributed by atoms with van der Waals surface area (Å²) in [6.07, 6.45) is 1.84. The molecule has 0 aliphatic heterocycles. The summed E-state index contributed by atoms with van der Waals surface area (Å²) in [6, 6.07) is 1.13. The van der Waals surface area contributed by atoms with Crippen LogP contribution in [-0.2, 0) is 11.2 Å². The van der Waals surface area contributed by atoms with E-state index in [0.29, 0.717) is 24.7 Å². The lowest BCUT2D eigenvalue weighted by atomic mass is 10.0. The summed E-state index contributed by atoms with van der Waals surface area (Å²) in [5, 5.41) is 25.6. The van der Waals surface area contributed by atoms with Crippen LogP contribution < -0.4 is 5.32 Å². The van der Waals surface area contributed by atoms with E-state index in [1.54, 1.807) is 0 Å². The Labute approximate surface area is 127 Å². The summed E-state index contributed by atoms with van der Waals surface area (Å²) in [4.78, 5) is 32.1. The normalized spacial score (nSPS) is 10.5. The minimum absolute atomic E-state index is 0.0872. The third-order valence-electron chi connectivity index (χ3n) is 3.66. The van der Waals surface area contributed by atoms with Gasteiger partial charge in [0.2, 0.25) is 0 Å². The highest BCUT2D eigenvalue weighted by Gasteiger charge is 2.31. The number of nitro groups is 2. The molecular formula is C14H19N3O5. The van der Waals surface area contributed by atoms with E-state index in [4.69, 9.17) is 0 Å². The Kier molecular flexibility index (Phi) is 5.97. The van der Waals surface area contributed by atoms with Gasteiger partial charge < -0.3 is 10.1 Å². The van der Waals surface area contributed by atoms with Gasteiger partial charge in [0.25, 0.3) is 5.69 Å². The highest BCUT2D eigenvalue weighted by Crippen LogP contribution is 2.40. The fourth-order valence-corrected chi connectivity index (χ4v) is 2.32. The van der Waals surface area contributed by atoms with Crippen molar-refractivity contribution in [2.24, 2.45) is 0 Å². The summed E-state index contributed by atoms with van der Waals surface area (Å²) in [7, 11) is 0. The lowest BCUT2D eigenvalue weighted by Crippen LogP contribution is -2.19. The molecule has 0 aromatic heterocycles. The Balaban J connectivity index is 3.61. The number of carbonyl (C=O) groups excluding carboxylic acids is 1. The van der Waals surface area contributed by atoms with E-state index in [9.17, 15) is 25.0 Å². The van der Waals surface area contributed by atoms with Crippen LogP contribution >= 0.6 is 0 Å². The first-order valence-electron chi connectivity index (χ1n) is 7.02. The second-order valence-electron chi connectivity index (χ2n) is 4.95. The molecular weight excluding hydrogens is 290 g/mol. The molecule has 0 amide bonds. The number of aldehydes is 1. The average Bonchev–Trinajstić information content (AvgIpc) is 2.46. The minimum Gasteiger partial charge on any atom is -0.371 e. The zero-order chi connectivity index (χ0) is 16.9. The van der Waals surface area contributed by atoms with E-state index in [2.05, 4.69) is 5.32 Å². The molecule has 0 fully saturated rings. The van der Waals surface area contributed by atoms with Crippen LogP contribution in [0.3, 0.4) is 0 Å². The quantitative estimate of drug-likeness (QED) is 0.448. The van der Waals surface area contributed by atoms with Gasteiger partial charge in [0.1, 0.15) is 6.29 Å². The van der Waals surface area contributed by atoms with Crippen LogP contribution in [0.25, 0.3) is 0 Å². The van der Waals surface area contributed by atoms with Gasteiger partial charge in [0.15, 0.2) is 5.69 Å². The van der Waals surface area contributed by atoms with Crippen LogP contribution in [-0.4, -0.2) is 22.2 Å². The number of nitrogens with one attached hydrogen (secondary N) is 1. The molecule has 0 atom stereocenters. The zero-order valence-electron chi connectivity index (χ0n) is 12.8. The van der Waals surface area contributed by atoms with E-state index >= 15 is 0 Å². The number of nitro benzene ring substituents is 2. The standard InChI is InChI=1S/C14H19N3O5/c1-4-11(5-2)15-13-12(16(19)20)8-10(6-7-18)9(3)14(13)17(21)22/h7-8,11,15H,4-6H2,1-3H3. The molecule has 0 radical (unpaired) electrons. The number of nitrogens with zero attached hydrogens (tertiary/aromatic N) is 2. The highest BCUT2D eigenvalue weighted by atomic mass is 16.6. The molecule has 8 heteroatoms. The number of rotatable bonds is 8. The first-order valence-corrected chi connectivity index (χ1v) is 7.02. The maximum Gasteiger partial charge on any atom is 0.302 e. The van der Waals surface area contributed by atoms with E-state index in [0.717, 1.165) is 0 Å². The molecule has 8 nitrogen and oxygen atoms in total. The summed E-state index contributed by atoms with van der Waals surface area (Å²) in [6.45, 7) is 5.29. The van der Waals surface area contributed by atoms with Crippen LogP contribution in [0.2, 0.25) is 0 Å². The third-order valence-corrected chi connectivity index (χ3v) is 3.66. The van der Waals surface area contributed by atoms with Crippen molar-refractivity contribution in [3.05, 3.63) is 37.4 Å². The van der Waals surface area contributed by atoms with Crippen molar-refractivity contribution in [2.45, 2.75) is 46.1 Å². The number of anilines is 1. The van der Waals surface area contributed by atoms with Gasteiger partial charge >= 0.3 is 5.69 Å². The molecule has 0 saturated heterocycles. The topological polar surface area (TPSA) is 115 Å². The molecule has 0 bridgehead atoms. The lowest BCUT2D eigenvalue weighted by Gasteiger charge is -2.17. The molecule has 1 rings (SSSR count). The number of carbonyl (C=O) groups is 1. The lowest BCUT2D eigenvalue weighted by molar-refractivity contribution is -0.392. The van der Waals surface area contributed by atoms with Crippen molar-refractivity contribution >= 4 is 23.3 Å². The molecule has 22 heavy (non-hydrogen) atoms. The van der Waals surface area contributed by atoms with E-state index in [1.807, 2.05) is 13.8 Å². The summed E-state index contributed by atoms with van der Waals surface area (Å²) < 4.78 is 0. The Morgan fingerprint density at radius 1 is 1.23 bits per heavy atom. The first kappa shape index (κ1) is 17.5. The molecule has 0 unspecified atom stereocenters. The van der Waals surface area contributed by atoms with Gasteiger partial charge in [-0.1, -0.05) is 13.8 Å². The Bertz CT molecular complexity index is 597. The van der Waals surface area contributed by atoms with Crippen LogP contribution in [0.4, 0.5) is 17.1 Å². The van der Waals surface area contributed by atoms with Gasteiger partial charge in [0.05, 0.1) is 9.85 Å². The molecule has 0 heterocycles. The van der Waals surface area contributed by atoms with Crippen molar-refractivity contribution < 1.29 is 14.6 Å². The fourth-order valence-electron chi connectivity index (χ4n) is 2.32. The van der Waals surface area contributed by atoms with Gasteiger partial charge in [-0.25, -0.2) is 0 Å². The monoisotopic (exact) mass is 309 g/mol. The summed E-state index contributed by atoms with van der Waals surface area (Å²) in [5.41, 5.74) is -0.227. The molecule has 0 spiro atoms. The smallest absolute Gasteiger partial charge is 0.302 e. The highest BCUT2D eigenvalue weighted by molar-refractivity contribution is 5.79. The van der Waals surface area contributed by atoms with Crippen molar-refractivity contribution in [1.82, 2.24) is 0 Å². The summed E-state index contributed by atoms with van der Waals surface area (Å²) >= 11 is 0. The number of benzene rings is 1. The molecule has 1 aromatic rings. The van der Waals surface area contributed by atoms with Crippen LogP contribution in [0.1, 0.15) is 37.8 Å². The van der Waals surface area contributed by atoms with Crippen molar-refractivity contribution in [3.8, 4) is 0 Å². The van der Waals surface area contributed by atoms with E-state index in [-0.39, 0.29) is 35.1 Å². The molecule has 0 saturated carbocycles. The van der Waals surface area contributed by atoms with Gasteiger partial charge in [-0.05, 0) is 25.3 Å². The van der Waals surface area contributed by atoms with Gasteiger partial charge in [0, 0.05) is 24.1 Å². The largest absolute Gasteiger partial charge is 0.371 e. The molecule has 1 N–H and O–H groups in total. The van der Waals surface area contributed by atoms with Gasteiger partial charge in [-0.15, -0.1) is 0 Å². The predicted molar refractivity (Wildman–Crippen MR) is 82.2 cm³/mol. The van der Waals surface area contributed by atoms with Crippen molar-refractivity contribution in [2.75, 3.05) is 5.32 Å². The van der Waals surface area contributed by atoms with Crippen molar-refractivity contribution in [1.29, 1.82) is 0 Å². The summed E-state index contributed by atoms with van der Waals surface area (Å²) in [5.74, 6) is 0. The predicted octanol–water partition coefficient (Wildman–Crippen LogP) is 3.15. The Morgan fingerprint density at radius 2 is 1.82 bits per heavy atom. The number of hydrogen-bond donors (Lipinski definition) is 1. The van der Waals surface area contributed by atoms with Gasteiger partial charge in [-0.2, -0.15) is 0 Å². The Hall–Kier alpha value is -2.51. The van der Waals surface area contributed by atoms with E-state index < -0.39 is 9.85 Å². The Morgan fingerprint density at radius 3 is 2.23 bits per heavy atom. The number of hydrogen-bond acceptors (Lipinski definition) is 6. The molecule has 0 aliphatic rings. The molecule has 1 aromatic carbocycles. The zero-order valence-corrected chi connectivity index (χ0v) is 12.8. The maximum atomic E-state index is 11.4. The van der Waals surface area contributed by atoms with Crippen molar-refractivity contribution in [3.63, 3.8) is 0 Å².